The maximum atomic E-state index is 13.9. The van der Waals surface area contributed by atoms with Crippen LogP contribution in [0.1, 0.15) is 10.4 Å². The summed E-state index contributed by atoms with van der Waals surface area (Å²) in [6.45, 7) is -0.0471. The third kappa shape index (κ3) is 2.59. The summed E-state index contributed by atoms with van der Waals surface area (Å²) < 4.78 is 45.4. The summed E-state index contributed by atoms with van der Waals surface area (Å²) in [4.78, 5) is 14.4. The molecular weight excluding hydrogens is 327 g/mol. The zero-order valence-electron chi connectivity index (χ0n) is 11.6. The van der Waals surface area contributed by atoms with Crippen molar-refractivity contribution in [3.63, 3.8) is 0 Å². The highest BCUT2D eigenvalue weighted by Gasteiger charge is 2.33. The van der Waals surface area contributed by atoms with Crippen LogP contribution in [0.15, 0.2) is 41.4 Å². The monoisotopic (exact) mass is 338 g/mol. The highest BCUT2D eigenvalue weighted by molar-refractivity contribution is 7.92. The van der Waals surface area contributed by atoms with Gasteiger partial charge in [-0.3, -0.25) is 4.31 Å². The van der Waals surface area contributed by atoms with Gasteiger partial charge in [0.2, 0.25) is 5.88 Å². The number of hydrogen-bond donors (Lipinski definition) is 1. The maximum Gasteiger partial charge on any atom is 0.337 e. The maximum absolute atomic E-state index is 13.9. The number of benzene rings is 1. The number of anilines is 1. The van der Waals surface area contributed by atoms with Gasteiger partial charge < -0.3 is 9.84 Å². The third-order valence-corrected chi connectivity index (χ3v) is 5.13. The Balaban J connectivity index is 2.14. The molecule has 1 aliphatic heterocycles. The van der Waals surface area contributed by atoms with Crippen LogP contribution in [0.5, 0.6) is 5.88 Å². The van der Waals surface area contributed by atoms with Crippen molar-refractivity contribution >= 4 is 21.7 Å². The summed E-state index contributed by atoms with van der Waals surface area (Å²) in [5.74, 6) is -2.15. The number of halogens is 1. The van der Waals surface area contributed by atoms with E-state index in [1.54, 1.807) is 0 Å². The van der Waals surface area contributed by atoms with Gasteiger partial charge in [-0.1, -0.05) is 12.1 Å². The molecule has 120 valence electrons. The average Bonchev–Trinajstić information content (AvgIpc) is 2.53. The third-order valence-electron chi connectivity index (χ3n) is 3.29. The van der Waals surface area contributed by atoms with Gasteiger partial charge in [0.05, 0.1) is 12.1 Å². The Labute approximate surface area is 131 Å². The van der Waals surface area contributed by atoms with E-state index in [9.17, 15) is 17.6 Å². The van der Waals surface area contributed by atoms with E-state index in [4.69, 9.17) is 9.84 Å². The number of fused-ring (bicyclic) bond motifs is 1. The quantitative estimate of drug-likeness (QED) is 0.911. The zero-order valence-corrected chi connectivity index (χ0v) is 12.5. The minimum Gasteiger partial charge on any atom is -0.478 e. The van der Waals surface area contributed by atoms with Crippen LogP contribution in [0.2, 0.25) is 0 Å². The van der Waals surface area contributed by atoms with E-state index in [1.807, 2.05) is 0 Å². The number of aromatic carboxylic acids is 1. The second-order valence-electron chi connectivity index (χ2n) is 4.71. The number of nitrogens with zero attached hydrogens (tertiary/aromatic N) is 2. The Morgan fingerprint density at radius 1 is 1.35 bits per heavy atom. The Kier molecular flexibility index (Phi) is 3.64. The predicted octanol–water partition coefficient (Wildman–Crippen LogP) is 1.51. The van der Waals surface area contributed by atoms with Gasteiger partial charge in [0.25, 0.3) is 10.0 Å². The first kappa shape index (κ1) is 15.2. The molecule has 1 N–H and O–H groups in total. The largest absolute Gasteiger partial charge is 0.478 e. The highest BCUT2D eigenvalue weighted by atomic mass is 32.2. The molecule has 1 aromatic carbocycles. The van der Waals surface area contributed by atoms with E-state index in [1.165, 1.54) is 12.1 Å². The summed E-state index contributed by atoms with van der Waals surface area (Å²) in [5.41, 5.74) is -0.220. The van der Waals surface area contributed by atoms with E-state index >= 15 is 0 Å². The predicted molar refractivity (Wildman–Crippen MR) is 77.6 cm³/mol. The summed E-state index contributed by atoms with van der Waals surface area (Å²) >= 11 is 0. The molecular formula is C14H11FN2O5S. The lowest BCUT2D eigenvalue weighted by Crippen LogP contribution is -2.38. The number of carboxylic acids is 1. The molecule has 3 rings (SSSR count). The molecule has 2 aromatic rings. The molecule has 23 heavy (non-hydrogen) atoms. The minimum atomic E-state index is -4.20. The Bertz CT molecular complexity index is 884. The van der Waals surface area contributed by atoms with Crippen molar-refractivity contribution in [1.29, 1.82) is 0 Å². The SMILES string of the molecule is O=C(O)c1cnc2c(c1)N(S(=O)(=O)c1ccccc1F)CCO2. The van der Waals surface area contributed by atoms with Gasteiger partial charge >= 0.3 is 5.97 Å². The molecule has 0 unspecified atom stereocenters. The van der Waals surface area contributed by atoms with Crippen LogP contribution in [0.25, 0.3) is 0 Å². The summed E-state index contributed by atoms with van der Waals surface area (Å²) in [6, 6.07) is 6.12. The van der Waals surface area contributed by atoms with Gasteiger partial charge in [-0.25, -0.2) is 22.6 Å². The Hall–Kier alpha value is -2.68. The van der Waals surface area contributed by atoms with Crippen LogP contribution < -0.4 is 9.04 Å². The molecule has 0 spiro atoms. The standard InChI is InChI=1S/C14H11FN2O5S/c15-10-3-1-2-4-12(10)23(20,21)17-5-6-22-13-11(17)7-9(8-16-13)14(18)19/h1-4,7-8H,5-6H2,(H,18,19). The van der Waals surface area contributed by atoms with E-state index in [0.29, 0.717) is 0 Å². The number of carboxylic acid groups (broad SMARTS) is 1. The molecule has 0 bridgehead atoms. The molecule has 0 saturated carbocycles. The van der Waals surface area contributed by atoms with Gasteiger partial charge in [0.1, 0.15) is 23.0 Å². The number of pyridine rings is 1. The second kappa shape index (κ2) is 5.51. The van der Waals surface area contributed by atoms with Crippen molar-refractivity contribution in [2.24, 2.45) is 0 Å². The molecule has 7 nitrogen and oxygen atoms in total. The first-order chi connectivity index (χ1) is 10.9. The van der Waals surface area contributed by atoms with Crippen LogP contribution in [-0.2, 0) is 10.0 Å². The molecule has 0 saturated heterocycles. The Morgan fingerprint density at radius 2 is 2.09 bits per heavy atom. The van der Waals surface area contributed by atoms with Crippen molar-refractivity contribution in [3.8, 4) is 5.88 Å². The van der Waals surface area contributed by atoms with Gasteiger partial charge in [0, 0.05) is 6.20 Å². The molecule has 0 amide bonds. The molecule has 0 atom stereocenters. The van der Waals surface area contributed by atoms with Crippen LogP contribution in [0, 0.1) is 5.82 Å². The lowest BCUT2D eigenvalue weighted by atomic mass is 10.2. The average molecular weight is 338 g/mol. The van der Waals surface area contributed by atoms with Crippen molar-refractivity contribution < 1.29 is 27.4 Å². The van der Waals surface area contributed by atoms with E-state index in [2.05, 4.69) is 4.98 Å². The second-order valence-corrected chi connectivity index (χ2v) is 6.54. The molecule has 2 heterocycles. The molecule has 0 fully saturated rings. The molecule has 1 aliphatic rings. The van der Waals surface area contributed by atoms with Crippen molar-refractivity contribution in [3.05, 3.63) is 47.9 Å². The number of aromatic nitrogens is 1. The topological polar surface area (TPSA) is 96.8 Å². The molecule has 0 aliphatic carbocycles. The minimum absolute atomic E-state index is 0.0128. The number of carbonyl (C=O) groups is 1. The fourth-order valence-electron chi connectivity index (χ4n) is 2.22. The van der Waals surface area contributed by atoms with Gasteiger partial charge in [-0.15, -0.1) is 0 Å². The summed E-state index contributed by atoms with van der Waals surface area (Å²) in [6.07, 6.45) is 1.07. The first-order valence-corrected chi connectivity index (χ1v) is 7.98. The van der Waals surface area contributed by atoms with E-state index in [0.717, 1.165) is 28.7 Å². The molecule has 9 heteroatoms. The van der Waals surface area contributed by atoms with E-state index in [-0.39, 0.29) is 30.3 Å². The van der Waals surface area contributed by atoms with Crippen molar-refractivity contribution in [1.82, 2.24) is 4.98 Å². The lowest BCUT2D eigenvalue weighted by molar-refractivity contribution is 0.0696. The number of ether oxygens (including phenoxy) is 1. The van der Waals surface area contributed by atoms with Gasteiger partial charge in [-0.2, -0.15) is 0 Å². The Morgan fingerprint density at radius 3 is 2.78 bits per heavy atom. The summed E-state index contributed by atoms with van der Waals surface area (Å²) in [5, 5.41) is 9.03. The number of sulfonamides is 1. The fourth-order valence-corrected chi connectivity index (χ4v) is 3.72. The van der Waals surface area contributed by atoms with Crippen molar-refractivity contribution in [2.75, 3.05) is 17.5 Å². The first-order valence-electron chi connectivity index (χ1n) is 6.54. The fraction of sp³-hybridized carbons (Fsp3) is 0.143. The number of rotatable bonds is 3. The number of hydrogen-bond acceptors (Lipinski definition) is 5. The smallest absolute Gasteiger partial charge is 0.337 e. The zero-order chi connectivity index (χ0) is 16.6. The van der Waals surface area contributed by atoms with Gasteiger partial charge in [0.15, 0.2) is 0 Å². The molecule has 0 radical (unpaired) electrons. The van der Waals surface area contributed by atoms with Crippen LogP contribution >= 0.6 is 0 Å². The summed E-state index contributed by atoms with van der Waals surface area (Å²) in [7, 11) is -4.20. The lowest BCUT2D eigenvalue weighted by Gasteiger charge is -2.29. The van der Waals surface area contributed by atoms with Crippen LogP contribution in [0.3, 0.4) is 0 Å². The van der Waals surface area contributed by atoms with Gasteiger partial charge in [-0.05, 0) is 18.2 Å². The highest BCUT2D eigenvalue weighted by Crippen LogP contribution is 2.34. The normalized spacial score (nSPS) is 14.0. The van der Waals surface area contributed by atoms with Crippen LogP contribution in [0.4, 0.5) is 10.1 Å². The van der Waals surface area contributed by atoms with Crippen molar-refractivity contribution in [2.45, 2.75) is 4.90 Å². The molecule has 1 aromatic heterocycles. The van der Waals surface area contributed by atoms with Crippen LogP contribution in [-0.4, -0.2) is 37.6 Å². The van der Waals surface area contributed by atoms with E-state index < -0.39 is 26.7 Å².